The fraction of sp³-hybridized carbons (Fsp3) is 0.447. The smallest absolute Gasteiger partial charge is 0.243 e. The highest BCUT2D eigenvalue weighted by Crippen LogP contribution is 2.39. The number of rotatable bonds is 11. The summed E-state index contributed by atoms with van der Waals surface area (Å²) in [6.45, 7) is 13.8. The van der Waals surface area contributed by atoms with E-state index in [-0.39, 0.29) is 48.5 Å². The molecule has 324 valence electrons. The number of aliphatic hydroxyl groups excluding tert-OH is 1. The van der Waals surface area contributed by atoms with E-state index in [1.807, 2.05) is 81.7 Å². The third kappa shape index (κ3) is 8.09. The molecule has 7 heterocycles. The summed E-state index contributed by atoms with van der Waals surface area (Å²) >= 11 is 1.60. The van der Waals surface area contributed by atoms with Gasteiger partial charge in [-0.05, 0) is 80.3 Å². The highest BCUT2D eigenvalue weighted by molar-refractivity contribution is 7.13. The summed E-state index contributed by atoms with van der Waals surface area (Å²) in [4.78, 5) is 43.5. The van der Waals surface area contributed by atoms with E-state index in [4.69, 9.17) is 4.52 Å². The van der Waals surface area contributed by atoms with Crippen LogP contribution in [0.25, 0.3) is 32.7 Å². The number of amides is 2. The molecule has 2 aromatic carbocycles. The highest BCUT2D eigenvalue weighted by Gasteiger charge is 2.44. The number of carbonyl (C=O) groups excluding carboxylic acids is 2. The Bertz CT molecular complexity index is 2560. The first-order chi connectivity index (χ1) is 29.9. The van der Waals surface area contributed by atoms with Crippen molar-refractivity contribution in [1.29, 1.82) is 0 Å². The number of hydrogen-bond donors (Lipinski definition) is 4. The number of fused-ring (bicyclic) bond motifs is 3. The van der Waals surface area contributed by atoms with E-state index in [0.29, 0.717) is 28.8 Å². The van der Waals surface area contributed by atoms with Crippen LogP contribution < -0.4 is 10.2 Å². The van der Waals surface area contributed by atoms with Gasteiger partial charge in [-0.15, -0.1) is 21.5 Å². The Kier molecular flexibility index (Phi) is 11.6. The van der Waals surface area contributed by atoms with Crippen LogP contribution in [0.15, 0.2) is 70.7 Å². The van der Waals surface area contributed by atoms with Gasteiger partial charge in [0.1, 0.15) is 17.7 Å². The fourth-order valence-electron chi connectivity index (χ4n) is 9.81. The number of anilines is 1. The molecule has 4 aromatic heterocycles. The molecule has 5 atom stereocenters. The van der Waals surface area contributed by atoms with Crippen molar-refractivity contribution in [1.82, 2.24) is 40.4 Å². The lowest BCUT2D eigenvalue weighted by Gasteiger charge is -2.39. The maximum absolute atomic E-state index is 14.4. The number of phenolic OH excluding ortho intramolecular Hbond substituents is 1. The van der Waals surface area contributed by atoms with Crippen LogP contribution in [0.1, 0.15) is 93.2 Å². The predicted octanol–water partition coefficient (Wildman–Crippen LogP) is 7.16. The average Bonchev–Trinajstić information content (AvgIpc) is 4.08. The van der Waals surface area contributed by atoms with Crippen molar-refractivity contribution < 1.29 is 24.3 Å². The van der Waals surface area contributed by atoms with Crippen molar-refractivity contribution in [3.63, 3.8) is 0 Å². The van der Waals surface area contributed by atoms with Crippen LogP contribution in [0.2, 0.25) is 0 Å². The van der Waals surface area contributed by atoms with Gasteiger partial charge in [-0.3, -0.25) is 14.5 Å². The van der Waals surface area contributed by atoms with E-state index < -0.39 is 18.1 Å². The number of para-hydroxylation sites is 1. The van der Waals surface area contributed by atoms with Gasteiger partial charge in [-0.2, -0.15) is 0 Å². The van der Waals surface area contributed by atoms with Crippen molar-refractivity contribution in [2.24, 2.45) is 11.8 Å². The summed E-state index contributed by atoms with van der Waals surface area (Å²) in [6.07, 6.45) is 2.27. The SMILES string of the molecule is Cc1ncsc1-c1ccc([C@H](C)NC(=O)[C@@H]2C[C@@H](O)CN2C(=O)[C@@H](c2cc(N3CCC(CN4CCc5[nH]c6nnc(-c7ccccc7O)cc6c5[C@H]4C)CC3)no2)C(C)C)cc1. The van der Waals surface area contributed by atoms with Crippen molar-refractivity contribution >= 4 is 40.0 Å². The molecule has 0 unspecified atom stereocenters. The maximum Gasteiger partial charge on any atom is 0.243 e. The Morgan fingerprint density at radius 3 is 2.53 bits per heavy atom. The van der Waals surface area contributed by atoms with Gasteiger partial charge in [-0.25, -0.2) is 4.98 Å². The largest absolute Gasteiger partial charge is 0.507 e. The lowest BCUT2D eigenvalue weighted by atomic mass is 9.91. The molecule has 14 nitrogen and oxygen atoms in total. The van der Waals surface area contributed by atoms with Crippen LogP contribution in [0, 0.1) is 18.8 Å². The lowest BCUT2D eigenvalue weighted by molar-refractivity contribution is -0.141. The number of phenols is 1. The number of aliphatic hydroxyl groups is 1. The minimum Gasteiger partial charge on any atom is -0.507 e. The Morgan fingerprint density at radius 1 is 1.03 bits per heavy atom. The molecule has 9 rings (SSSR count). The number of nitrogens with zero attached hydrogens (tertiary/aromatic N) is 7. The minimum atomic E-state index is -0.805. The summed E-state index contributed by atoms with van der Waals surface area (Å²) in [7, 11) is 0. The minimum absolute atomic E-state index is 0.0799. The Labute approximate surface area is 365 Å². The molecule has 62 heavy (non-hydrogen) atoms. The molecule has 2 fully saturated rings. The van der Waals surface area contributed by atoms with Crippen molar-refractivity contribution in [2.45, 2.75) is 90.4 Å². The van der Waals surface area contributed by atoms with Crippen LogP contribution in [-0.2, 0) is 16.0 Å². The van der Waals surface area contributed by atoms with Gasteiger partial charge >= 0.3 is 0 Å². The van der Waals surface area contributed by atoms with E-state index in [0.717, 1.165) is 78.2 Å². The van der Waals surface area contributed by atoms with Gasteiger partial charge in [0.2, 0.25) is 11.8 Å². The maximum atomic E-state index is 14.4. The highest BCUT2D eigenvalue weighted by atomic mass is 32.1. The van der Waals surface area contributed by atoms with Crippen LogP contribution in [0.4, 0.5) is 5.82 Å². The third-order valence-electron chi connectivity index (χ3n) is 13.3. The Balaban J connectivity index is 0.819. The van der Waals surface area contributed by atoms with E-state index in [9.17, 15) is 19.8 Å². The Morgan fingerprint density at radius 2 is 1.81 bits per heavy atom. The van der Waals surface area contributed by atoms with Crippen LogP contribution in [-0.4, -0.2) is 102 Å². The zero-order valence-electron chi connectivity index (χ0n) is 35.9. The number of likely N-dealkylation sites (tertiary alicyclic amines) is 1. The second-order valence-corrected chi connectivity index (χ2v) is 18.6. The van der Waals surface area contributed by atoms with Gasteiger partial charge in [0, 0.05) is 74.3 Å². The van der Waals surface area contributed by atoms with Crippen molar-refractivity contribution in [3.05, 3.63) is 94.4 Å². The summed E-state index contributed by atoms with van der Waals surface area (Å²) in [6, 6.07) is 18.3. The number of nitrogens with one attached hydrogen (secondary N) is 2. The number of H-pyrrole nitrogens is 1. The molecule has 3 aliphatic rings. The molecule has 2 amide bonds. The summed E-state index contributed by atoms with van der Waals surface area (Å²) in [5.74, 6) is 0.550. The second kappa shape index (κ2) is 17.3. The molecule has 0 aliphatic carbocycles. The molecule has 0 spiro atoms. The monoisotopic (exact) mass is 857 g/mol. The number of piperidine rings is 1. The fourth-order valence-corrected chi connectivity index (χ4v) is 10.6. The van der Waals surface area contributed by atoms with Crippen LogP contribution in [0.5, 0.6) is 5.75 Å². The molecule has 3 aliphatic heterocycles. The van der Waals surface area contributed by atoms with E-state index in [2.05, 4.69) is 47.4 Å². The molecule has 0 radical (unpaired) electrons. The van der Waals surface area contributed by atoms with E-state index in [1.54, 1.807) is 23.5 Å². The number of hydrogen-bond acceptors (Lipinski definition) is 12. The van der Waals surface area contributed by atoms with Gasteiger partial charge < -0.3 is 34.8 Å². The summed E-state index contributed by atoms with van der Waals surface area (Å²) in [5, 5.41) is 38.8. The standard InChI is InChI=1S/C47H55N9O5S/c1-26(2)42(47(60)56-24-33(57)20-38(56)46(59)49-27(3)31-10-12-32(13-11-31)44-28(4)48-25-62-44)40-22-41(53-61-40)54-17-14-30(15-18-54)23-55-19-16-36-43(29(55)5)35-21-37(51-52-45(35)50-36)34-8-6-7-9-39(34)58/h6-13,21-22,25-27,29-30,33,38,42,57-58H,14-20,23-24H2,1-5H3,(H,49,59)(H,50,52)/t27-,29+,33+,38-,42+/m0/s1. The molecule has 15 heteroatoms. The molecular weight excluding hydrogens is 803 g/mol. The number of benzene rings is 2. The molecule has 4 N–H and O–H groups in total. The Hall–Kier alpha value is -5.64. The number of carbonyl (C=O) groups is 2. The first-order valence-corrected chi connectivity index (χ1v) is 22.7. The second-order valence-electron chi connectivity index (χ2n) is 17.7. The van der Waals surface area contributed by atoms with Gasteiger partial charge in [-0.1, -0.05) is 55.4 Å². The lowest BCUT2D eigenvalue weighted by Crippen LogP contribution is -2.48. The molecule has 2 saturated heterocycles. The molecular formula is C47H55N9O5S. The van der Waals surface area contributed by atoms with Gasteiger partial charge in [0.15, 0.2) is 17.2 Å². The zero-order chi connectivity index (χ0) is 43.2. The number of aromatic amines is 1. The number of aromatic hydroxyl groups is 1. The first-order valence-electron chi connectivity index (χ1n) is 21.8. The molecule has 0 bridgehead atoms. The first kappa shape index (κ1) is 41.7. The van der Waals surface area contributed by atoms with Crippen LogP contribution >= 0.6 is 11.3 Å². The number of thiazole rings is 1. The van der Waals surface area contributed by atoms with Gasteiger partial charge in [0.05, 0.1) is 33.9 Å². The predicted molar refractivity (Wildman–Crippen MR) is 239 cm³/mol. The summed E-state index contributed by atoms with van der Waals surface area (Å²) < 4.78 is 5.94. The number of β-amino-alcohol motifs (C(OH)–C–C–N with tert-alkyl or cyclic N) is 1. The topological polar surface area (TPSA) is 177 Å². The number of aromatic nitrogens is 5. The van der Waals surface area contributed by atoms with Crippen molar-refractivity contribution in [2.75, 3.05) is 37.6 Å². The molecule has 6 aromatic rings. The summed E-state index contributed by atoms with van der Waals surface area (Å²) in [5.41, 5.74) is 9.41. The van der Waals surface area contributed by atoms with E-state index in [1.165, 1.54) is 16.2 Å². The zero-order valence-corrected chi connectivity index (χ0v) is 36.7. The van der Waals surface area contributed by atoms with Crippen molar-refractivity contribution in [3.8, 4) is 27.4 Å². The van der Waals surface area contributed by atoms with E-state index >= 15 is 0 Å². The quantitative estimate of drug-likeness (QED) is 0.104. The number of aryl methyl sites for hydroxylation is 1. The average molecular weight is 858 g/mol. The normalized spacial score (nSPS) is 20.8. The third-order valence-corrected chi connectivity index (χ3v) is 14.3. The molecule has 0 saturated carbocycles. The van der Waals surface area contributed by atoms with Crippen LogP contribution in [0.3, 0.4) is 0 Å². The van der Waals surface area contributed by atoms with Gasteiger partial charge in [0.25, 0.3) is 0 Å².